The summed E-state index contributed by atoms with van der Waals surface area (Å²) in [4.78, 5) is 11.1. The zero-order chi connectivity index (χ0) is 13.8. The molecule has 0 amide bonds. The molecular formula is C17H26O2. The molecule has 3 aliphatic rings. The molecule has 0 saturated heterocycles. The molecule has 4 unspecified atom stereocenters. The zero-order valence-electron chi connectivity index (χ0n) is 12.6. The number of carbonyl (C=O) groups is 1. The Kier molecular flexibility index (Phi) is 3.03. The summed E-state index contributed by atoms with van der Waals surface area (Å²) in [5, 5.41) is 0. The summed E-state index contributed by atoms with van der Waals surface area (Å²) in [6.45, 7) is 8.83. The Bertz CT molecular complexity index is 425. The highest BCUT2D eigenvalue weighted by atomic mass is 16.5. The van der Waals surface area contributed by atoms with Crippen LogP contribution >= 0.6 is 0 Å². The van der Waals surface area contributed by atoms with Crippen LogP contribution in [0.5, 0.6) is 0 Å². The maximum Gasteiger partial charge on any atom is 0.302 e. The summed E-state index contributed by atoms with van der Waals surface area (Å²) in [6.07, 6.45) is 7.04. The van der Waals surface area contributed by atoms with Gasteiger partial charge in [-0.3, -0.25) is 4.79 Å². The maximum atomic E-state index is 11.1. The maximum absolute atomic E-state index is 11.1. The van der Waals surface area contributed by atoms with Crippen molar-refractivity contribution in [2.45, 2.75) is 59.5 Å². The van der Waals surface area contributed by atoms with E-state index in [4.69, 9.17) is 4.74 Å². The van der Waals surface area contributed by atoms with Crippen LogP contribution in [0, 0.1) is 29.1 Å². The van der Waals surface area contributed by atoms with E-state index in [2.05, 4.69) is 26.8 Å². The normalized spacial score (nSPS) is 48.4. The van der Waals surface area contributed by atoms with Crippen LogP contribution in [-0.2, 0) is 9.53 Å². The number of carbonyl (C=O) groups excluding carboxylic acids is 1. The SMILES string of the molecule is CC(=O)O[C@H]1CC[C@@]2(C)C(=CCC3C(C)C(C)C32)C1. The fraction of sp³-hybridized carbons (Fsp3) is 0.824. The molecule has 2 nitrogen and oxygen atoms in total. The predicted octanol–water partition coefficient (Wildman–Crippen LogP) is 3.96. The molecule has 6 atom stereocenters. The first-order valence-corrected chi connectivity index (χ1v) is 7.80. The summed E-state index contributed by atoms with van der Waals surface area (Å²) >= 11 is 0. The summed E-state index contributed by atoms with van der Waals surface area (Å²) in [7, 11) is 0. The van der Waals surface area contributed by atoms with Gasteiger partial charge in [0.15, 0.2) is 0 Å². The molecule has 0 heterocycles. The van der Waals surface area contributed by atoms with Crippen molar-refractivity contribution in [3.05, 3.63) is 11.6 Å². The molecule has 0 aromatic rings. The average molecular weight is 262 g/mol. The Morgan fingerprint density at radius 2 is 2.11 bits per heavy atom. The van der Waals surface area contributed by atoms with Gasteiger partial charge >= 0.3 is 5.97 Å². The Labute approximate surface area is 116 Å². The Morgan fingerprint density at radius 1 is 1.37 bits per heavy atom. The fourth-order valence-electron chi connectivity index (χ4n) is 5.22. The van der Waals surface area contributed by atoms with Crippen LogP contribution in [0.15, 0.2) is 11.6 Å². The molecule has 0 aromatic carbocycles. The number of allylic oxidation sites excluding steroid dienone is 1. The van der Waals surface area contributed by atoms with Crippen LogP contribution in [-0.4, -0.2) is 12.1 Å². The van der Waals surface area contributed by atoms with Gasteiger partial charge in [-0.1, -0.05) is 32.4 Å². The highest BCUT2D eigenvalue weighted by molar-refractivity contribution is 5.66. The number of ether oxygens (including phenoxy) is 1. The first-order chi connectivity index (χ1) is 8.93. The van der Waals surface area contributed by atoms with Crippen LogP contribution < -0.4 is 0 Å². The van der Waals surface area contributed by atoms with Crippen molar-refractivity contribution in [2.75, 3.05) is 0 Å². The van der Waals surface area contributed by atoms with Gasteiger partial charge in [-0.25, -0.2) is 0 Å². The molecule has 3 aliphatic carbocycles. The monoisotopic (exact) mass is 262 g/mol. The highest BCUT2D eigenvalue weighted by Gasteiger charge is 2.57. The van der Waals surface area contributed by atoms with Crippen molar-refractivity contribution >= 4 is 5.97 Å². The number of fused-ring (bicyclic) bond motifs is 3. The molecule has 0 aromatic heterocycles. The number of rotatable bonds is 1. The molecule has 2 saturated carbocycles. The summed E-state index contributed by atoms with van der Waals surface area (Å²) in [5.74, 6) is 3.36. The minimum atomic E-state index is -0.131. The largest absolute Gasteiger partial charge is 0.462 e. The van der Waals surface area contributed by atoms with E-state index in [1.165, 1.54) is 19.8 Å². The van der Waals surface area contributed by atoms with E-state index in [1.807, 2.05) is 0 Å². The van der Waals surface area contributed by atoms with Crippen molar-refractivity contribution < 1.29 is 9.53 Å². The molecule has 0 spiro atoms. The number of hydrogen-bond acceptors (Lipinski definition) is 2. The molecule has 0 bridgehead atoms. The molecule has 3 rings (SSSR count). The van der Waals surface area contributed by atoms with Crippen molar-refractivity contribution in [3.8, 4) is 0 Å². The van der Waals surface area contributed by atoms with Crippen LogP contribution in [0.3, 0.4) is 0 Å². The van der Waals surface area contributed by atoms with E-state index >= 15 is 0 Å². The summed E-state index contributed by atoms with van der Waals surface area (Å²) in [6, 6.07) is 0. The standard InChI is InChI=1S/C17H26O2/c1-10-11(2)16-15(10)6-5-13-9-14(19-12(3)18)7-8-17(13,16)4/h5,10-11,14-16H,6-9H2,1-4H3/t10?,11?,14-,15?,16?,17-/m0/s1. The van der Waals surface area contributed by atoms with E-state index in [0.29, 0.717) is 5.41 Å². The molecule has 2 fully saturated rings. The van der Waals surface area contributed by atoms with Crippen LogP contribution in [0.4, 0.5) is 0 Å². The Morgan fingerprint density at radius 3 is 2.79 bits per heavy atom. The Hall–Kier alpha value is -0.790. The minimum Gasteiger partial charge on any atom is -0.462 e. The summed E-state index contributed by atoms with van der Waals surface area (Å²) in [5.41, 5.74) is 1.95. The topological polar surface area (TPSA) is 26.3 Å². The van der Waals surface area contributed by atoms with Gasteiger partial charge in [0.05, 0.1) is 0 Å². The van der Waals surface area contributed by atoms with E-state index in [9.17, 15) is 4.79 Å². The van der Waals surface area contributed by atoms with E-state index in [1.54, 1.807) is 5.57 Å². The average Bonchev–Trinajstić information content (AvgIpc) is 2.36. The zero-order valence-corrected chi connectivity index (χ0v) is 12.6. The lowest BCUT2D eigenvalue weighted by Crippen LogP contribution is -2.55. The lowest BCUT2D eigenvalue weighted by Gasteiger charge is -2.62. The van der Waals surface area contributed by atoms with E-state index in [-0.39, 0.29) is 12.1 Å². The van der Waals surface area contributed by atoms with Crippen molar-refractivity contribution in [1.82, 2.24) is 0 Å². The quantitative estimate of drug-likeness (QED) is 0.528. The molecular weight excluding hydrogens is 236 g/mol. The van der Waals surface area contributed by atoms with Gasteiger partial charge < -0.3 is 4.74 Å². The molecule has 0 radical (unpaired) electrons. The smallest absolute Gasteiger partial charge is 0.302 e. The first kappa shape index (κ1) is 13.2. The molecule has 0 aliphatic heterocycles. The van der Waals surface area contributed by atoms with Gasteiger partial charge in [-0.2, -0.15) is 0 Å². The molecule has 19 heavy (non-hydrogen) atoms. The Balaban J connectivity index is 1.80. The predicted molar refractivity (Wildman–Crippen MR) is 75.5 cm³/mol. The van der Waals surface area contributed by atoms with Gasteiger partial charge in [0.25, 0.3) is 0 Å². The molecule has 0 N–H and O–H groups in total. The highest BCUT2D eigenvalue weighted by Crippen LogP contribution is 2.64. The lowest BCUT2D eigenvalue weighted by atomic mass is 9.43. The number of esters is 1. The van der Waals surface area contributed by atoms with Crippen LogP contribution in [0.25, 0.3) is 0 Å². The van der Waals surface area contributed by atoms with E-state index < -0.39 is 0 Å². The van der Waals surface area contributed by atoms with Gasteiger partial charge in [0.2, 0.25) is 0 Å². The van der Waals surface area contributed by atoms with Gasteiger partial charge in [0, 0.05) is 13.3 Å². The lowest BCUT2D eigenvalue weighted by molar-refractivity contribution is -0.150. The van der Waals surface area contributed by atoms with Crippen molar-refractivity contribution in [2.24, 2.45) is 29.1 Å². The first-order valence-electron chi connectivity index (χ1n) is 7.80. The van der Waals surface area contributed by atoms with Crippen LogP contribution in [0.2, 0.25) is 0 Å². The van der Waals surface area contributed by atoms with Gasteiger partial charge in [-0.05, 0) is 48.3 Å². The van der Waals surface area contributed by atoms with Crippen LogP contribution in [0.1, 0.15) is 53.4 Å². The van der Waals surface area contributed by atoms with Gasteiger partial charge in [-0.15, -0.1) is 0 Å². The third-order valence-electron chi connectivity index (χ3n) is 6.40. The second kappa shape index (κ2) is 4.36. The second-order valence-corrected chi connectivity index (χ2v) is 7.26. The van der Waals surface area contributed by atoms with Crippen molar-refractivity contribution in [1.29, 1.82) is 0 Å². The second-order valence-electron chi connectivity index (χ2n) is 7.26. The fourth-order valence-corrected chi connectivity index (χ4v) is 5.22. The minimum absolute atomic E-state index is 0.126. The summed E-state index contributed by atoms with van der Waals surface area (Å²) < 4.78 is 5.43. The third kappa shape index (κ3) is 1.86. The molecule has 106 valence electrons. The third-order valence-corrected chi connectivity index (χ3v) is 6.40. The van der Waals surface area contributed by atoms with Gasteiger partial charge in [0.1, 0.15) is 6.10 Å². The van der Waals surface area contributed by atoms with E-state index in [0.717, 1.165) is 36.5 Å². The van der Waals surface area contributed by atoms with Crippen molar-refractivity contribution in [3.63, 3.8) is 0 Å². The number of hydrogen-bond donors (Lipinski definition) is 0. The molecule has 2 heteroatoms.